The lowest BCUT2D eigenvalue weighted by molar-refractivity contribution is 1.07. The van der Waals surface area contributed by atoms with Crippen LogP contribution in [0.3, 0.4) is 0 Å². The van der Waals surface area contributed by atoms with Gasteiger partial charge in [0.25, 0.3) is 0 Å². The Labute approximate surface area is 291 Å². The van der Waals surface area contributed by atoms with Gasteiger partial charge in [-0.1, -0.05) is 146 Å². The number of aryl methyl sites for hydroxylation is 2. The predicted molar refractivity (Wildman–Crippen MR) is 201 cm³/mol. The summed E-state index contributed by atoms with van der Waals surface area (Å²) in [4.78, 5) is 29.4. The van der Waals surface area contributed by atoms with Crippen LogP contribution in [-0.4, -0.2) is 29.9 Å². The molecule has 0 spiro atoms. The zero-order chi connectivity index (χ0) is 33.9. The van der Waals surface area contributed by atoms with Gasteiger partial charge in [0, 0.05) is 33.4 Å². The average Bonchev–Trinajstić information content (AvgIpc) is 3.19. The fourth-order valence-corrected chi connectivity index (χ4v) is 6.09. The van der Waals surface area contributed by atoms with E-state index in [1.807, 2.05) is 121 Å². The molecule has 0 saturated carbocycles. The second-order valence-corrected chi connectivity index (χ2v) is 12.1. The van der Waals surface area contributed by atoms with Crippen molar-refractivity contribution in [1.82, 2.24) is 29.9 Å². The zero-order valence-corrected chi connectivity index (χ0v) is 27.7. The van der Waals surface area contributed by atoms with Gasteiger partial charge in [0.15, 0.2) is 34.9 Å². The van der Waals surface area contributed by atoms with E-state index in [0.717, 1.165) is 55.6 Å². The Morgan fingerprint density at radius 1 is 0.260 bits per heavy atom. The highest BCUT2D eigenvalue weighted by molar-refractivity contribution is 5.77. The van der Waals surface area contributed by atoms with Crippen molar-refractivity contribution in [2.24, 2.45) is 0 Å². The third-order valence-electron chi connectivity index (χ3n) is 8.66. The molecule has 0 N–H and O–H groups in total. The largest absolute Gasteiger partial charge is 0.208 e. The van der Waals surface area contributed by atoms with Crippen LogP contribution < -0.4 is 0 Å². The van der Waals surface area contributed by atoms with Crippen LogP contribution in [0.1, 0.15) is 11.1 Å². The number of aromatic nitrogens is 6. The first-order valence-corrected chi connectivity index (χ1v) is 16.6. The Kier molecular flexibility index (Phi) is 8.25. The van der Waals surface area contributed by atoms with Crippen molar-refractivity contribution in [1.29, 1.82) is 0 Å². The molecule has 0 atom stereocenters. The molecule has 0 unspecified atom stereocenters. The third-order valence-corrected chi connectivity index (χ3v) is 8.66. The van der Waals surface area contributed by atoms with Crippen LogP contribution in [0.25, 0.3) is 79.5 Å². The summed E-state index contributed by atoms with van der Waals surface area (Å²) < 4.78 is 0. The summed E-state index contributed by atoms with van der Waals surface area (Å²) in [6, 6.07) is 53.0. The molecule has 0 aliphatic heterocycles. The van der Waals surface area contributed by atoms with Gasteiger partial charge in [-0.2, -0.15) is 0 Å². The van der Waals surface area contributed by atoms with E-state index in [2.05, 4.69) is 50.2 Å². The van der Waals surface area contributed by atoms with Crippen molar-refractivity contribution in [3.05, 3.63) is 169 Å². The van der Waals surface area contributed by atoms with Crippen LogP contribution in [0.15, 0.2) is 158 Å². The van der Waals surface area contributed by atoms with Crippen LogP contribution >= 0.6 is 0 Å². The number of nitrogens with zero attached hydrogens (tertiary/aromatic N) is 6. The molecular weight excluding hydrogens is 613 g/mol. The van der Waals surface area contributed by atoms with Crippen molar-refractivity contribution in [3.8, 4) is 79.5 Å². The molecule has 6 heteroatoms. The lowest BCUT2D eigenvalue weighted by Gasteiger charge is -2.14. The first kappa shape index (κ1) is 30.7. The normalized spacial score (nSPS) is 11.0. The van der Waals surface area contributed by atoms with Gasteiger partial charge in [0.1, 0.15) is 0 Å². The molecule has 238 valence electrons. The second kappa shape index (κ2) is 13.5. The minimum atomic E-state index is 0.637. The van der Waals surface area contributed by atoms with Gasteiger partial charge in [0.2, 0.25) is 0 Å². The number of benzene rings is 6. The van der Waals surface area contributed by atoms with E-state index < -0.39 is 0 Å². The molecule has 6 nitrogen and oxygen atoms in total. The summed E-state index contributed by atoms with van der Waals surface area (Å²) in [7, 11) is 0. The van der Waals surface area contributed by atoms with E-state index in [9.17, 15) is 0 Å². The van der Waals surface area contributed by atoms with Crippen LogP contribution in [0.2, 0.25) is 0 Å². The molecule has 0 saturated heterocycles. The molecule has 0 aliphatic carbocycles. The molecule has 0 fully saturated rings. The average molecular weight is 645 g/mol. The summed E-state index contributed by atoms with van der Waals surface area (Å²) in [5, 5.41) is 0. The maximum atomic E-state index is 4.92. The van der Waals surface area contributed by atoms with E-state index in [0.29, 0.717) is 34.9 Å². The van der Waals surface area contributed by atoms with Crippen molar-refractivity contribution in [2.75, 3.05) is 0 Å². The van der Waals surface area contributed by atoms with E-state index in [-0.39, 0.29) is 0 Å². The van der Waals surface area contributed by atoms with Gasteiger partial charge in [-0.05, 0) is 48.2 Å². The lowest BCUT2D eigenvalue weighted by Crippen LogP contribution is -2.01. The predicted octanol–water partition coefficient (Wildman–Crippen LogP) is 10.3. The van der Waals surface area contributed by atoms with Gasteiger partial charge in [-0.25, -0.2) is 29.9 Å². The van der Waals surface area contributed by atoms with Crippen molar-refractivity contribution < 1.29 is 0 Å². The lowest BCUT2D eigenvalue weighted by atomic mass is 9.93. The standard InChI is InChI=1S/C44H32N6/c1-29-27-35(43-47-39(31-15-7-3-8-16-31)45-40(48-43)32-17-9-4-10-18-32)23-25-37(29)38-26-24-36(28-30(38)2)44-49-41(33-19-11-5-12-20-33)46-42(50-44)34-21-13-6-14-22-34/h3-28H,1-2H3. The van der Waals surface area contributed by atoms with Gasteiger partial charge < -0.3 is 0 Å². The first-order valence-electron chi connectivity index (χ1n) is 16.6. The molecule has 0 amide bonds. The molecule has 2 aromatic heterocycles. The summed E-state index contributed by atoms with van der Waals surface area (Å²) in [6.45, 7) is 4.27. The molecular formula is C44H32N6. The minimum Gasteiger partial charge on any atom is -0.208 e. The summed E-state index contributed by atoms with van der Waals surface area (Å²) in [5.41, 5.74) is 10.2. The zero-order valence-electron chi connectivity index (χ0n) is 27.7. The van der Waals surface area contributed by atoms with Gasteiger partial charge >= 0.3 is 0 Å². The monoisotopic (exact) mass is 644 g/mol. The summed E-state index contributed by atoms with van der Waals surface area (Å²) >= 11 is 0. The first-order chi connectivity index (χ1) is 24.6. The van der Waals surface area contributed by atoms with Crippen LogP contribution in [0, 0.1) is 13.8 Å². The topological polar surface area (TPSA) is 77.3 Å². The fourth-order valence-electron chi connectivity index (χ4n) is 6.09. The highest BCUT2D eigenvalue weighted by Crippen LogP contribution is 2.33. The SMILES string of the molecule is Cc1cc(-c2nc(-c3ccccc3)nc(-c3ccccc3)n2)ccc1-c1ccc(-c2nc(-c3ccccc3)nc(-c3ccccc3)n2)cc1C. The molecule has 0 radical (unpaired) electrons. The smallest absolute Gasteiger partial charge is 0.164 e. The van der Waals surface area contributed by atoms with Crippen LogP contribution in [-0.2, 0) is 0 Å². The highest BCUT2D eigenvalue weighted by atomic mass is 15.0. The maximum Gasteiger partial charge on any atom is 0.164 e. The third kappa shape index (κ3) is 6.30. The Balaban J connectivity index is 1.16. The van der Waals surface area contributed by atoms with Crippen molar-refractivity contribution in [2.45, 2.75) is 13.8 Å². The fraction of sp³-hybridized carbons (Fsp3) is 0.0455. The van der Waals surface area contributed by atoms with Gasteiger partial charge in [-0.15, -0.1) is 0 Å². The Hall–Kier alpha value is -6.66. The molecule has 50 heavy (non-hydrogen) atoms. The van der Waals surface area contributed by atoms with Gasteiger partial charge in [-0.3, -0.25) is 0 Å². The molecule has 0 bridgehead atoms. The molecule has 0 aliphatic rings. The van der Waals surface area contributed by atoms with E-state index in [4.69, 9.17) is 29.9 Å². The Bertz CT molecular complexity index is 2140. The maximum absolute atomic E-state index is 4.92. The van der Waals surface area contributed by atoms with Crippen molar-refractivity contribution >= 4 is 0 Å². The Morgan fingerprint density at radius 2 is 0.500 bits per heavy atom. The van der Waals surface area contributed by atoms with E-state index in [1.165, 1.54) is 0 Å². The highest BCUT2D eigenvalue weighted by Gasteiger charge is 2.16. The number of hydrogen-bond donors (Lipinski definition) is 0. The Morgan fingerprint density at radius 3 is 0.740 bits per heavy atom. The van der Waals surface area contributed by atoms with Crippen LogP contribution in [0.5, 0.6) is 0 Å². The van der Waals surface area contributed by atoms with Crippen molar-refractivity contribution in [3.63, 3.8) is 0 Å². The molecule has 8 aromatic rings. The van der Waals surface area contributed by atoms with Gasteiger partial charge in [0.05, 0.1) is 0 Å². The number of hydrogen-bond acceptors (Lipinski definition) is 6. The summed E-state index contributed by atoms with van der Waals surface area (Å²) in [5.74, 6) is 3.85. The van der Waals surface area contributed by atoms with Crippen LogP contribution in [0.4, 0.5) is 0 Å². The van der Waals surface area contributed by atoms with E-state index >= 15 is 0 Å². The molecule has 8 rings (SSSR count). The quantitative estimate of drug-likeness (QED) is 0.172. The number of rotatable bonds is 7. The molecule has 2 heterocycles. The van der Waals surface area contributed by atoms with E-state index in [1.54, 1.807) is 0 Å². The second-order valence-electron chi connectivity index (χ2n) is 12.1. The molecule has 6 aromatic carbocycles. The summed E-state index contributed by atoms with van der Waals surface area (Å²) in [6.07, 6.45) is 0. The minimum absolute atomic E-state index is 0.637.